The lowest BCUT2D eigenvalue weighted by atomic mass is 10.3. The van der Waals surface area contributed by atoms with E-state index in [1.165, 1.54) is 11.3 Å². The second-order valence-corrected chi connectivity index (χ2v) is 4.88. The second kappa shape index (κ2) is 6.21. The zero-order valence-corrected chi connectivity index (χ0v) is 11.2. The molecule has 19 heavy (non-hydrogen) atoms. The van der Waals surface area contributed by atoms with Crippen LogP contribution in [0.25, 0.3) is 0 Å². The standard InChI is InChI=1S/C13H14N2O3S/c1-17-9-3-2-4-10(7-9)18-8-11-5-6-12(19-11)13(16)15-14/h2-7H,8,14H2,1H3,(H,15,16). The number of methoxy groups -OCH3 is 1. The summed E-state index contributed by atoms with van der Waals surface area (Å²) < 4.78 is 10.7. The quantitative estimate of drug-likeness (QED) is 0.498. The van der Waals surface area contributed by atoms with Crippen molar-refractivity contribution < 1.29 is 14.3 Å². The lowest BCUT2D eigenvalue weighted by molar-refractivity contribution is 0.0957. The highest BCUT2D eigenvalue weighted by atomic mass is 32.1. The third-order valence-electron chi connectivity index (χ3n) is 2.44. The molecule has 1 aromatic carbocycles. The first kappa shape index (κ1) is 13.4. The van der Waals surface area contributed by atoms with E-state index in [4.69, 9.17) is 15.3 Å². The van der Waals surface area contributed by atoms with Crippen LogP contribution in [0.1, 0.15) is 14.5 Å². The predicted octanol–water partition coefficient (Wildman–Crippen LogP) is 1.94. The molecule has 0 fully saturated rings. The number of benzene rings is 1. The van der Waals surface area contributed by atoms with Crippen LogP contribution in [0.15, 0.2) is 36.4 Å². The Labute approximate surface area is 114 Å². The van der Waals surface area contributed by atoms with Crippen molar-refractivity contribution in [2.75, 3.05) is 7.11 Å². The number of nitrogens with one attached hydrogen (secondary N) is 1. The molecular weight excluding hydrogens is 264 g/mol. The molecule has 5 nitrogen and oxygen atoms in total. The number of hydrogen-bond acceptors (Lipinski definition) is 5. The van der Waals surface area contributed by atoms with Gasteiger partial charge in [0.25, 0.3) is 5.91 Å². The van der Waals surface area contributed by atoms with Gasteiger partial charge in [0, 0.05) is 10.9 Å². The van der Waals surface area contributed by atoms with Gasteiger partial charge in [-0.25, -0.2) is 5.84 Å². The lowest BCUT2D eigenvalue weighted by Crippen LogP contribution is -2.29. The topological polar surface area (TPSA) is 73.6 Å². The van der Waals surface area contributed by atoms with Crippen molar-refractivity contribution in [3.8, 4) is 11.5 Å². The molecule has 0 radical (unpaired) electrons. The molecule has 2 aromatic rings. The summed E-state index contributed by atoms with van der Waals surface area (Å²) in [5.41, 5.74) is 2.10. The normalized spacial score (nSPS) is 10.0. The Morgan fingerprint density at radius 2 is 2.11 bits per heavy atom. The van der Waals surface area contributed by atoms with E-state index in [1.54, 1.807) is 19.2 Å². The Balaban J connectivity index is 1.98. The van der Waals surface area contributed by atoms with Crippen molar-refractivity contribution in [2.45, 2.75) is 6.61 Å². The van der Waals surface area contributed by atoms with Gasteiger partial charge in [-0.15, -0.1) is 11.3 Å². The Morgan fingerprint density at radius 3 is 2.84 bits per heavy atom. The van der Waals surface area contributed by atoms with E-state index >= 15 is 0 Å². The number of hydrogen-bond donors (Lipinski definition) is 2. The zero-order chi connectivity index (χ0) is 13.7. The Hall–Kier alpha value is -2.05. The van der Waals surface area contributed by atoms with Crippen LogP contribution in [0.2, 0.25) is 0 Å². The van der Waals surface area contributed by atoms with E-state index in [0.29, 0.717) is 11.5 Å². The summed E-state index contributed by atoms with van der Waals surface area (Å²) >= 11 is 1.35. The first-order valence-electron chi connectivity index (χ1n) is 5.59. The summed E-state index contributed by atoms with van der Waals surface area (Å²) in [6.07, 6.45) is 0. The molecule has 3 N–H and O–H groups in total. The average molecular weight is 278 g/mol. The van der Waals surface area contributed by atoms with Crippen molar-refractivity contribution in [2.24, 2.45) is 5.84 Å². The van der Waals surface area contributed by atoms with Crippen molar-refractivity contribution in [1.82, 2.24) is 5.43 Å². The number of carbonyl (C=O) groups is 1. The molecule has 0 aliphatic rings. The van der Waals surface area contributed by atoms with Gasteiger partial charge in [-0.3, -0.25) is 10.2 Å². The third kappa shape index (κ3) is 3.46. The molecule has 0 saturated heterocycles. The molecule has 6 heteroatoms. The number of amides is 1. The molecule has 0 saturated carbocycles. The monoisotopic (exact) mass is 278 g/mol. The number of ether oxygens (including phenoxy) is 2. The van der Waals surface area contributed by atoms with Crippen LogP contribution in [-0.2, 0) is 6.61 Å². The Bertz CT molecular complexity index is 569. The fourth-order valence-electron chi connectivity index (χ4n) is 1.49. The molecule has 1 heterocycles. The van der Waals surface area contributed by atoms with Gasteiger partial charge in [-0.05, 0) is 24.3 Å². The fraction of sp³-hybridized carbons (Fsp3) is 0.154. The van der Waals surface area contributed by atoms with E-state index in [-0.39, 0.29) is 5.91 Å². The first-order chi connectivity index (χ1) is 9.22. The van der Waals surface area contributed by atoms with E-state index < -0.39 is 0 Å². The molecule has 2 rings (SSSR count). The number of thiophene rings is 1. The van der Waals surface area contributed by atoms with Crippen molar-refractivity contribution >= 4 is 17.2 Å². The molecule has 1 amide bonds. The van der Waals surface area contributed by atoms with E-state index in [1.807, 2.05) is 24.3 Å². The minimum absolute atomic E-state index is 0.294. The molecule has 100 valence electrons. The van der Waals surface area contributed by atoms with Gasteiger partial charge >= 0.3 is 0 Å². The Kier molecular flexibility index (Phi) is 4.38. The van der Waals surface area contributed by atoms with Crippen LogP contribution in [0.3, 0.4) is 0 Å². The molecule has 0 unspecified atom stereocenters. The first-order valence-corrected chi connectivity index (χ1v) is 6.41. The summed E-state index contributed by atoms with van der Waals surface area (Å²) in [5.74, 6) is 6.24. The van der Waals surface area contributed by atoms with Crippen LogP contribution in [0.4, 0.5) is 0 Å². The van der Waals surface area contributed by atoms with Crippen LogP contribution in [0, 0.1) is 0 Å². The molecule has 0 atom stereocenters. The summed E-state index contributed by atoms with van der Waals surface area (Å²) in [4.78, 5) is 12.8. The van der Waals surface area contributed by atoms with E-state index in [9.17, 15) is 4.79 Å². The summed E-state index contributed by atoms with van der Waals surface area (Å²) in [6, 6.07) is 10.9. The molecular formula is C13H14N2O3S. The third-order valence-corrected chi connectivity index (χ3v) is 3.50. The lowest BCUT2D eigenvalue weighted by Gasteiger charge is -2.06. The summed E-state index contributed by atoms with van der Waals surface area (Å²) in [5, 5.41) is 0. The highest BCUT2D eigenvalue weighted by molar-refractivity contribution is 7.14. The van der Waals surface area contributed by atoms with Crippen molar-refractivity contribution in [3.05, 3.63) is 46.2 Å². The van der Waals surface area contributed by atoms with Crippen LogP contribution in [0.5, 0.6) is 11.5 Å². The maximum atomic E-state index is 11.3. The minimum Gasteiger partial charge on any atom is -0.497 e. The largest absolute Gasteiger partial charge is 0.497 e. The number of carbonyl (C=O) groups excluding carboxylic acids is 1. The average Bonchev–Trinajstić information content (AvgIpc) is 2.93. The van der Waals surface area contributed by atoms with Crippen molar-refractivity contribution in [1.29, 1.82) is 0 Å². The summed E-state index contributed by atoms with van der Waals surface area (Å²) in [6.45, 7) is 0.398. The number of nitrogen functional groups attached to an aromatic ring is 1. The maximum absolute atomic E-state index is 11.3. The van der Waals surface area contributed by atoms with E-state index in [0.717, 1.165) is 16.4 Å². The maximum Gasteiger partial charge on any atom is 0.275 e. The minimum atomic E-state index is -0.294. The van der Waals surface area contributed by atoms with Gasteiger partial charge in [0.05, 0.1) is 12.0 Å². The van der Waals surface area contributed by atoms with Gasteiger partial charge in [0.1, 0.15) is 18.1 Å². The predicted molar refractivity (Wildman–Crippen MR) is 73.3 cm³/mol. The fourth-order valence-corrected chi connectivity index (χ4v) is 2.32. The van der Waals surface area contributed by atoms with Gasteiger partial charge in [0.15, 0.2) is 0 Å². The molecule has 0 bridgehead atoms. The number of rotatable bonds is 5. The molecule has 0 aliphatic heterocycles. The Morgan fingerprint density at radius 1 is 1.32 bits per heavy atom. The van der Waals surface area contributed by atoms with Crippen molar-refractivity contribution in [3.63, 3.8) is 0 Å². The van der Waals surface area contributed by atoms with E-state index in [2.05, 4.69) is 5.43 Å². The number of nitrogens with two attached hydrogens (primary N) is 1. The zero-order valence-electron chi connectivity index (χ0n) is 10.4. The van der Waals surface area contributed by atoms with Crippen LogP contribution in [-0.4, -0.2) is 13.0 Å². The van der Waals surface area contributed by atoms with Gasteiger partial charge in [-0.2, -0.15) is 0 Å². The smallest absolute Gasteiger partial charge is 0.275 e. The van der Waals surface area contributed by atoms with Crippen LogP contribution < -0.4 is 20.7 Å². The summed E-state index contributed by atoms with van der Waals surface area (Å²) in [7, 11) is 1.61. The highest BCUT2D eigenvalue weighted by Crippen LogP contribution is 2.22. The van der Waals surface area contributed by atoms with Gasteiger partial charge < -0.3 is 9.47 Å². The van der Waals surface area contributed by atoms with Crippen LogP contribution >= 0.6 is 11.3 Å². The molecule has 0 spiro atoms. The SMILES string of the molecule is COc1cccc(OCc2ccc(C(=O)NN)s2)c1. The molecule has 0 aliphatic carbocycles. The van der Waals surface area contributed by atoms with Gasteiger partial charge in [0.2, 0.25) is 0 Å². The number of hydrazine groups is 1. The highest BCUT2D eigenvalue weighted by Gasteiger charge is 2.07. The second-order valence-electron chi connectivity index (χ2n) is 3.71. The van der Waals surface area contributed by atoms with Gasteiger partial charge in [-0.1, -0.05) is 6.07 Å². The molecule has 1 aromatic heterocycles.